The highest BCUT2D eigenvalue weighted by molar-refractivity contribution is 6.68. The van der Waals surface area contributed by atoms with Crippen LogP contribution in [0.1, 0.15) is 273 Å². The molecule has 0 atom stereocenters. The first-order valence-corrected chi connectivity index (χ1v) is 28.9. The Kier molecular flexibility index (Phi) is 45.8. The predicted molar refractivity (Wildman–Crippen MR) is 249 cm³/mol. The number of hydrogen-bond donors (Lipinski definition) is 0. The average Bonchev–Trinajstić information content (AvgIpc) is 3.20. The summed E-state index contributed by atoms with van der Waals surface area (Å²) in [6.07, 6.45) is 48.8. The lowest BCUT2D eigenvalue weighted by molar-refractivity contribution is -0.0638. The molecule has 0 heterocycles. The van der Waals surface area contributed by atoms with Gasteiger partial charge in [-0.2, -0.15) is 0 Å². The third-order valence-electron chi connectivity index (χ3n) is 11.1. The molecular weight excluding hydrogens is 745 g/mol. The van der Waals surface area contributed by atoms with Gasteiger partial charge in [0.25, 0.3) is 0 Å². The van der Waals surface area contributed by atoms with E-state index in [2.05, 4.69) is 13.8 Å². The van der Waals surface area contributed by atoms with E-state index in [1.807, 2.05) is 27.7 Å². The third-order valence-corrected chi connectivity index (χ3v) is 16.8. The molecule has 344 valence electrons. The molecule has 0 saturated heterocycles. The largest absolute Gasteiger partial charge is 0.673 e. The second-order valence-corrected chi connectivity index (χ2v) is 21.1. The highest BCUT2D eigenvalue weighted by Crippen LogP contribution is 2.24. The highest BCUT2D eigenvalue weighted by Gasteiger charge is 2.59. The van der Waals surface area contributed by atoms with Gasteiger partial charge in [-0.3, -0.25) is 0 Å². The van der Waals surface area contributed by atoms with E-state index in [1.54, 1.807) is 0 Å². The van der Waals surface area contributed by atoms with Gasteiger partial charge in [-0.25, -0.2) is 0 Å². The molecule has 7 nitrogen and oxygen atoms in total. The van der Waals surface area contributed by atoms with E-state index >= 15 is 0 Å². The van der Waals surface area contributed by atoms with Crippen LogP contribution in [0.4, 0.5) is 0 Å². The molecule has 0 saturated carbocycles. The third kappa shape index (κ3) is 37.6. The Morgan fingerprint density at radius 2 is 0.386 bits per heavy atom. The van der Waals surface area contributed by atoms with E-state index in [9.17, 15) is 0 Å². The quantitative estimate of drug-likeness (QED) is 0.0446. The normalized spacial score (nSPS) is 12.3. The molecule has 9 heteroatoms. The molecule has 0 aromatic rings. The summed E-state index contributed by atoms with van der Waals surface area (Å²) in [6, 6.07) is 0. The summed E-state index contributed by atoms with van der Waals surface area (Å²) in [7, 11) is -7.09. The highest BCUT2D eigenvalue weighted by atomic mass is 28.5. The molecule has 0 spiro atoms. The second-order valence-electron chi connectivity index (χ2n) is 16.6. The van der Waals surface area contributed by atoms with Gasteiger partial charge in [-0.15, -0.1) is 0 Å². The summed E-state index contributed by atoms with van der Waals surface area (Å²) >= 11 is 0. The van der Waals surface area contributed by atoms with Crippen LogP contribution in [0.25, 0.3) is 0 Å². The summed E-state index contributed by atoms with van der Waals surface area (Å²) in [5.74, 6) is 0. The van der Waals surface area contributed by atoms with E-state index in [4.69, 9.17) is 30.7 Å². The molecule has 0 aliphatic rings. The maximum Gasteiger partial charge on any atom is 0.673 e. The van der Waals surface area contributed by atoms with Gasteiger partial charge in [0.15, 0.2) is 0 Å². The van der Waals surface area contributed by atoms with Crippen LogP contribution in [0.15, 0.2) is 0 Å². The van der Waals surface area contributed by atoms with E-state index in [0.29, 0.717) is 39.6 Å². The number of unbranched alkanes of at least 4 members (excludes halogenated alkanes) is 34. The monoisotopic (exact) mass is 847 g/mol. The second kappa shape index (κ2) is 45.7. The van der Waals surface area contributed by atoms with Crippen molar-refractivity contribution >= 4 is 18.1 Å². The summed E-state index contributed by atoms with van der Waals surface area (Å²) in [6.45, 7) is 15.2. The van der Waals surface area contributed by atoms with Crippen molar-refractivity contribution in [1.29, 1.82) is 0 Å². The first kappa shape index (κ1) is 57.2. The van der Waals surface area contributed by atoms with Crippen molar-refractivity contribution in [3.63, 3.8) is 0 Å². The van der Waals surface area contributed by atoms with Crippen molar-refractivity contribution in [1.82, 2.24) is 0 Å². The van der Waals surface area contributed by atoms with Gasteiger partial charge in [-0.1, -0.05) is 232 Å². The van der Waals surface area contributed by atoms with Crippen molar-refractivity contribution < 1.29 is 30.7 Å². The lowest BCUT2D eigenvalue weighted by Gasteiger charge is -2.35. The molecule has 0 N–H and O–H groups in total. The van der Waals surface area contributed by atoms with Crippen molar-refractivity contribution in [2.75, 3.05) is 39.6 Å². The number of rotatable bonds is 50. The van der Waals surface area contributed by atoms with Gasteiger partial charge in [0.2, 0.25) is 0 Å². The fourth-order valence-electron chi connectivity index (χ4n) is 7.69. The maximum atomic E-state index is 6.61. The Bertz CT molecular complexity index is 690. The van der Waals surface area contributed by atoms with Crippen LogP contribution in [-0.4, -0.2) is 57.7 Å². The van der Waals surface area contributed by atoms with Crippen LogP contribution < -0.4 is 0 Å². The molecular formula is C48H102O7Si2. The average molecular weight is 848 g/mol. The van der Waals surface area contributed by atoms with E-state index in [1.165, 1.54) is 205 Å². The van der Waals surface area contributed by atoms with Crippen LogP contribution in [0.5, 0.6) is 0 Å². The minimum absolute atomic E-state index is 0.424. The molecule has 0 aliphatic carbocycles. The molecule has 0 radical (unpaired) electrons. The van der Waals surface area contributed by atoms with E-state index < -0.39 is 18.1 Å². The Labute approximate surface area is 359 Å². The topological polar surface area (TPSA) is 64.6 Å². The molecule has 0 amide bonds. The molecule has 0 fully saturated rings. The minimum atomic E-state index is -3.55. The summed E-state index contributed by atoms with van der Waals surface area (Å²) in [5, 5.41) is 0. The van der Waals surface area contributed by atoms with Gasteiger partial charge in [-0.05, 0) is 40.5 Å². The van der Waals surface area contributed by atoms with Crippen LogP contribution >= 0.6 is 0 Å². The van der Waals surface area contributed by atoms with Crippen molar-refractivity contribution in [2.45, 2.75) is 273 Å². The molecule has 0 unspecified atom stereocenters. The van der Waals surface area contributed by atoms with Gasteiger partial charge < -0.3 is 30.7 Å². The molecule has 0 aromatic heterocycles. The standard InChI is InChI=1S/C48H102O7Si2/c1-7-13-15-17-19-21-23-25-27-29-31-33-35-37-39-41-43-45-47-53-56(49-9-3,50-10-4)55-57(51-11-5,52-12-6)54-48-46-44-42-40-38-36-34-32-30-28-26-24-22-20-18-16-14-8-2/h7-48H2,1-6H3. The molecule has 0 bridgehead atoms. The zero-order valence-corrected chi connectivity index (χ0v) is 41.6. The first-order chi connectivity index (χ1) is 28.1. The predicted octanol–water partition coefficient (Wildman–Crippen LogP) is 16.1. The zero-order chi connectivity index (χ0) is 41.6. The Hall–Kier alpha value is 0.154. The van der Waals surface area contributed by atoms with Crippen LogP contribution in [0.3, 0.4) is 0 Å². The van der Waals surface area contributed by atoms with Crippen molar-refractivity contribution in [3.8, 4) is 0 Å². The fraction of sp³-hybridized carbons (Fsp3) is 1.00. The minimum Gasteiger partial charge on any atom is -0.352 e. The molecule has 0 aromatic carbocycles. The zero-order valence-electron chi connectivity index (χ0n) is 39.6. The molecule has 0 rings (SSSR count). The Balaban J connectivity index is 4.29. The van der Waals surface area contributed by atoms with Crippen molar-refractivity contribution in [2.24, 2.45) is 0 Å². The van der Waals surface area contributed by atoms with Gasteiger partial charge in [0, 0.05) is 39.6 Å². The lowest BCUT2D eigenvalue weighted by atomic mass is 10.0. The van der Waals surface area contributed by atoms with E-state index in [-0.39, 0.29) is 0 Å². The Morgan fingerprint density at radius 1 is 0.211 bits per heavy atom. The summed E-state index contributed by atoms with van der Waals surface area (Å²) in [5.41, 5.74) is 0. The van der Waals surface area contributed by atoms with Gasteiger partial charge in [0.1, 0.15) is 0 Å². The summed E-state index contributed by atoms with van der Waals surface area (Å²) < 4.78 is 44.1. The van der Waals surface area contributed by atoms with Crippen LogP contribution in [0.2, 0.25) is 0 Å². The van der Waals surface area contributed by atoms with Crippen LogP contribution in [0, 0.1) is 0 Å². The first-order valence-electron chi connectivity index (χ1n) is 25.6. The molecule has 57 heavy (non-hydrogen) atoms. The van der Waals surface area contributed by atoms with Crippen LogP contribution in [-0.2, 0) is 30.7 Å². The van der Waals surface area contributed by atoms with Gasteiger partial charge >= 0.3 is 18.1 Å². The molecule has 0 aliphatic heterocycles. The summed E-state index contributed by atoms with van der Waals surface area (Å²) in [4.78, 5) is 0. The smallest absolute Gasteiger partial charge is 0.352 e. The Morgan fingerprint density at radius 3 is 0.561 bits per heavy atom. The van der Waals surface area contributed by atoms with E-state index in [0.717, 1.165) is 25.7 Å². The van der Waals surface area contributed by atoms with Gasteiger partial charge in [0.05, 0.1) is 0 Å². The van der Waals surface area contributed by atoms with Crippen molar-refractivity contribution in [3.05, 3.63) is 0 Å². The maximum absolute atomic E-state index is 6.61. The SMILES string of the molecule is CCCCCCCCCCCCCCCCCCCCO[Si](OCC)(OCC)O[Si](OCC)(OCC)OCCCCCCCCCCCCCCCCCCCC. The fourth-order valence-corrected chi connectivity index (χ4v) is 13.0. The number of hydrogen-bond acceptors (Lipinski definition) is 7. The lowest BCUT2D eigenvalue weighted by Crippen LogP contribution is -2.62.